The normalized spacial score (nSPS) is 13.2. The zero-order valence-corrected chi connectivity index (χ0v) is 46.1. The number of allylic oxidation sites excluding steroid dienone is 10. The highest BCUT2D eigenvalue weighted by atomic mass is 16.7. The van der Waals surface area contributed by atoms with Gasteiger partial charge in [0.05, 0.1) is 40.3 Å². The lowest BCUT2D eigenvalue weighted by atomic mass is 10.0. The molecule has 0 spiro atoms. The quantitative estimate of drug-likeness (QED) is 0.0195. The maximum Gasteiger partial charge on any atom is 0.306 e. The fraction of sp³-hybridized carbons (Fsp3) is 0.787. The van der Waals surface area contributed by atoms with Crippen molar-refractivity contribution in [1.82, 2.24) is 0 Å². The molecule has 0 aromatic rings. The van der Waals surface area contributed by atoms with Gasteiger partial charge in [-0.3, -0.25) is 9.59 Å². The average molecular weight is 985 g/mol. The number of carboxylic acid groups (broad SMARTS) is 1. The minimum atomic E-state index is -1.62. The second-order valence-electron chi connectivity index (χ2n) is 20.5. The molecular weight excluding hydrogens is 875 g/mol. The van der Waals surface area contributed by atoms with Gasteiger partial charge < -0.3 is 33.3 Å². The van der Waals surface area contributed by atoms with E-state index in [2.05, 4.69) is 74.6 Å². The molecule has 0 amide bonds. The molecule has 0 heterocycles. The number of carboxylic acids is 1. The molecule has 0 aliphatic rings. The number of aliphatic carboxylic acids is 1. The summed E-state index contributed by atoms with van der Waals surface area (Å²) < 4.78 is 22.6. The van der Waals surface area contributed by atoms with Gasteiger partial charge in [-0.2, -0.15) is 0 Å². The van der Waals surface area contributed by atoms with Crippen LogP contribution >= 0.6 is 0 Å². The van der Waals surface area contributed by atoms with Crippen LogP contribution in [0.3, 0.4) is 0 Å². The first-order valence-corrected chi connectivity index (χ1v) is 28.9. The van der Waals surface area contributed by atoms with E-state index >= 15 is 0 Å². The van der Waals surface area contributed by atoms with Crippen LogP contribution in [0.1, 0.15) is 251 Å². The van der Waals surface area contributed by atoms with Crippen LogP contribution in [0, 0.1) is 0 Å². The maximum absolute atomic E-state index is 12.8. The third kappa shape index (κ3) is 52.8. The molecule has 9 heteroatoms. The summed E-state index contributed by atoms with van der Waals surface area (Å²) in [5.74, 6) is -2.29. The number of carbonyl (C=O) groups is 3. The van der Waals surface area contributed by atoms with Gasteiger partial charge in [0.25, 0.3) is 0 Å². The van der Waals surface area contributed by atoms with Gasteiger partial charge in [-0.05, 0) is 77.0 Å². The highest BCUT2D eigenvalue weighted by Crippen LogP contribution is 2.17. The second-order valence-corrected chi connectivity index (χ2v) is 20.5. The maximum atomic E-state index is 12.8. The van der Waals surface area contributed by atoms with Gasteiger partial charge in [-0.1, -0.05) is 222 Å². The van der Waals surface area contributed by atoms with E-state index in [9.17, 15) is 19.5 Å². The highest BCUT2D eigenvalue weighted by Gasteiger charge is 2.22. The minimum absolute atomic E-state index is 0.147. The summed E-state index contributed by atoms with van der Waals surface area (Å²) in [7, 11) is 5.92. The Hall–Kier alpha value is -3.01. The van der Waals surface area contributed by atoms with Crippen LogP contribution in [-0.4, -0.2) is 82.3 Å². The van der Waals surface area contributed by atoms with Crippen LogP contribution in [0.2, 0.25) is 0 Å². The zero-order valence-electron chi connectivity index (χ0n) is 46.1. The molecule has 0 aromatic carbocycles. The Morgan fingerprint density at radius 3 is 1.23 bits per heavy atom. The standard InChI is InChI=1S/C61H109NO8/c1-6-8-10-12-14-16-18-20-21-22-23-24-25-26-27-28-29-30-31-32-33-34-35-36-37-38-39-40-42-44-46-48-50-52-59(64)70-57(56-69-61(60(65)66)67-54-53-62(3,4)5)55-68-58(63)51-49-47-45-43-41-19-17-15-13-11-9-7-2/h8,10,14-17,20-21,23-24,57,61H,6-7,9,11-13,18-19,22,25-56H2,1-5H3/b10-8-,16-14-,17-15-,21-20-,24-23-. The van der Waals surface area contributed by atoms with Crippen LogP contribution in [0.4, 0.5) is 0 Å². The Bertz CT molecular complexity index is 1330. The van der Waals surface area contributed by atoms with Crippen molar-refractivity contribution in [3.8, 4) is 0 Å². The van der Waals surface area contributed by atoms with Crippen LogP contribution in [0.15, 0.2) is 60.8 Å². The summed E-state index contributed by atoms with van der Waals surface area (Å²) in [6.45, 7) is 4.61. The highest BCUT2D eigenvalue weighted by molar-refractivity contribution is 5.70. The third-order valence-electron chi connectivity index (χ3n) is 12.5. The van der Waals surface area contributed by atoms with Crippen molar-refractivity contribution in [3.05, 3.63) is 60.8 Å². The Balaban J connectivity index is 4.05. The number of quaternary nitrogens is 1. The molecule has 9 nitrogen and oxygen atoms in total. The summed E-state index contributed by atoms with van der Waals surface area (Å²) in [4.78, 5) is 37.2. The second kappa shape index (κ2) is 52.3. The summed E-state index contributed by atoms with van der Waals surface area (Å²) in [6, 6.07) is 0. The summed E-state index contributed by atoms with van der Waals surface area (Å²) >= 11 is 0. The number of hydrogen-bond donors (Lipinski definition) is 0. The molecule has 0 radical (unpaired) electrons. The van der Waals surface area contributed by atoms with Gasteiger partial charge in [-0.15, -0.1) is 0 Å². The molecule has 0 saturated carbocycles. The van der Waals surface area contributed by atoms with Crippen molar-refractivity contribution >= 4 is 17.9 Å². The van der Waals surface area contributed by atoms with Gasteiger partial charge in [0.2, 0.25) is 0 Å². The van der Waals surface area contributed by atoms with E-state index in [0.717, 1.165) is 77.0 Å². The van der Waals surface area contributed by atoms with E-state index in [0.29, 0.717) is 17.4 Å². The zero-order chi connectivity index (χ0) is 51.3. The molecule has 0 saturated heterocycles. The molecule has 0 aliphatic heterocycles. The first-order chi connectivity index (χ1) is 34.1. The molecule has 0 aliphatic carbocycles. The SMILES string of the molecule is CC/C=C\C/C=C\C/C=C\C/C=C\CCCCCCCCCCCCCCCCCCCCCCC(=O)OC(COC(=O)CCCCCCC/C=C\CCCCC)COC(OCC[N+](C)(C)C)C(=O)[O-]. The van der Waals surface area contributed by atoms with E-state index < -0.39 is 24.3 Å². The van der Waals surface area contributed by atoms with E-state index in [1.54, 1.807) is 0 Å². The molecule has 406 valence electrons. The largest absolute Gasteiger partial charge is 0.545 e. The fourth-order valence-corrected chi connectivity index (χ4v) is 8.05. The van der Waals surface area contributed by atoms with Crippen LogP contribution in [0.5, 0.6) is 0 Å². The number of hydrogen-bond acceptors (Lipinski definition) is 8. The fourth-order valence-electron chi connectivity index (χ4n) is 8.05. The van der Waals surface area contributed by atoms with E-state index in [4.69, 9.17) is 18.9 Å². The van der Waals surface area contributed by atoms with E-state index in [1.807, 2.05) is 21.1 Å². The number of ether oxygens (including phenoxy) is 4. The monoisotopic (exact) mass is 984 g/mol. The summed E-state index contributed by atoms with van der Waals surface area (Å²) in [5.41, 5.74) is 0. The number of likely N-dealkylation sites (N-methyl/N-ethyl adjacent to an activating group) is 1. The third-order valence-corrected chi connectivity index (χ3v) is 12.5. The Morgan fingerprint density at radius 1 is 0.443 bits per heavy atom. The average Bonchev–Trinajstić information content (AvgIpc) is 3.33. The Morgan fingerprint density at radius 2 is 0.814 bits per heavy atom. The van der Waals surface area contributed by atoms with Crippen LogP contribution in [-0.2, 0) is 33.3 Å². The minimum Gasteiger partial charge on any atom is -0.545 e. The molecule has 70 heavy (non-hydrogen) atoms. The smallest absolute Gasteiger partial charge is 0.306 e. The van der Waals surface area contributed by atoms with Gasteiger partial charge in [0.15, 0.2) is 12.4 Å². The molecule has 0 rings (SSSR count). The Labute approximate surface area is 431 Å². The number of esters is 2. The lowest BCUT2D eigenvalue weighted by molar-refractivity contribution is -0.870. The van der Waals surface area contributed by atoms with E-state index in [1.165, 1.54) is 141 Å². The lowest BCUT2D eigenvalue weighted by Gasteiger charge is -2.26. The number of nitrogens with zero attached hydrogens (tertiary/aromatic N) is 1. The van der Waals surface area contributed by atoms with Crippen molar-refractivity contribution in [2.75, 3.05) is 47.5 Å². The summed E-state index contributed by atoms with van der Waals surface area (Å²) in [6.07, 6.45) is 62.9. The van der Waals surface area contributed by atoms with Gasteiger partial charge in [0.1, 0.15) is 13.2 Å². The lowest BCUT2D eigenvalue weighted by Crippen LogP contribution is -2.44. The van der Waals surface area contributed by atoms with E-state index in [-0.39, 0.29) is 38.6 Å². The topological polar surface area (TPSA) is 111 Å². The van der Waals surface area contributed by atoms with Crippen molar-refractivity contribution in [2.24, 2.45) is 0 Å². The molecule has 0 bridgehead atoms. The van der Waals surface area contributed by atoms with Crippen molar-refractivity contribution in [1.29, 1.82) is 0 Å². The molecular formula is C61H109NO8. The molecule has 0 fully saturated rings. The Kier molecular flexibility index (Phi) is 50.1. The number of unbranched alkanes of at least 4 members (excludes halogenated alkanes) is 28. The molecule has 0 N–H and O–H groups in total. The molecule has 2 unspecified atom stereocenters. The van der Waals surface area contributed by atoms with Crippen molar-refractivity contribution < 1.29 is 42.9 Å². The van der Waals surface area contributed by atoms with Crippen molar-refractivity contribution in [3.63, 3.8) is 0 Å². The van der Waals surface area contributed by atoms with Gasteiger partial charge in [0, 0.05) is 12.8 Å². The number of carbonyl (C=O) groups excluding carboxylic acids is 3. The molecule has 0 aromatic heterocycles. The number of rotatable bonds is 53. The van der Waals surface area contributed by atoms with Crippen LogP contribution in [0.25, 0.3) is 0 Å². The van der Waals surface area contributed by atoms with Gasteiger partial charge in [-0.25, -0.2) is 0 Å². The molecule has 2 atom stereocenters. The predicted molar refractivity (Wildman–Crippen MR) is 292 cm³/mol. The van der Waals surface area contributed by atoms with Crippen molar-refractivity contribution in [2.45, 2.75) is 264 Å². The predicted octanol–water partition coefficient (Wildman–Crippen LogP) is 15.5. The van der Waals surface area contributed by atoms with Gasteiger partial charge >= 0.3 is 11.9 Å². The first-order valence-electron chi connectivity index (χ1n) is 28.9. The first kappa shape index (κ1) is 67.0. The summed E-state index contributed by atoms with van der Waals surface area (Å²) in [5, 5.41) is 11.7. The van der Waals surface area contributed by atoms with Crippen LogP contribution < -0.4 is 5.11 Å².